The zero-order valence-electron chi connectivity index (χ0n) is 13.9. The van der Waals surface area contributed by atoms with Crippen molar-refractivity contribution in [2.24, 2.45) is 11.1 Å². The van der Waals surface area contributed by atoms with Crippen molar-refractivity contribution in [1.82, 2.24) is 14.7 Å². The van der Waals surface area contributed by atoms with E-state index in [4.69, 9.17) is 4.84 Å². The van der Waals surface area contributed by atoms with Gasteiger partial charge in [0.05, 0.1) is 18.0 Å². The van der Waals surface area contributed by atoms with Crippen molar-refractivity contribution >= 4 is 11.6 Å². The molecule has 1 aliphatic carbocycles. The minimum absolute atomic E-state index is 0.125. The molecule has 4 rings (SSSR count). The summed E-state index contributed by atoms with van der Waals surface area (Å²) in [6.07, 6.45) is 8.51. The Hall–Kier alpha value is -1.85. The van der Waals surface area contributed by atoms with Crippen molar-refractivity contribution in [2.45, 2.75) is 57.6 Å². The summed E-state index contributed by atoms with van der Waals surface area (Å²) in [5.41, 5.74) is 2.08. The molecule has 6 nitrogen and oxygen atoms in total. The largest absolute Gasteiger partial charge is 0.389 e. The molecule has 1 saturated heterocycles. The number of nitrogens with zero attached hydrogens (tertiary/aromatic N) is 4. The molecule has 6 heteroatoms. The van der Waals surface area contributed by atoms with Gasteiger partial charge in [-0.15, -0.1) is 0 Å². The lowest BCUT2D eigenvalue weighted by molar-refractivity contribution is -0.158. The number of hydrogen-bond donors (Lipinski definition) is 0. The summed E-state index contributed by atoms with van der Waals surface area (Å²) < 4.78 is 2.06. The highest BCUT2D eigenvalue weighted by atomic mass is 16.7. The fourth-order valence-electron chi connectivity index (χ4n) is 4.18. The summed E-state index contributed by atoms with van der Waals surface area (Å²) >= 11 is 0. The minimum atomic E-state index is -0.157. The number of likely N-dealkylation sites (tertiary alicyclic amines) is 1. The van der Waals surface area contributed by atoms with Gasteiger partial charge in [0.1, 0.15) is 5.60 Å². The van der Waals surface area contributed by atoms with E-state index in [0.29, 0.717) is 11.9 Å². The van der Waals surface area contributed by atoms with Gasteiger partial charge in [-0.05, 0) is 32.3 Å². The van der Waals surface area contributed by atoms with Gasteiger partial charge in [-0.2, -0.15) is 5.10 Å². The predicted octanol–water partition coefficient (Wildman–Crippen LogP) is 2.30. The summed E-state index contributed by atoms with van der Waals surface area (Å²) in [7, 11) is 0. The van der Waals surface area contributed by atoms with E-state index in [-0.39, 0.29) is 11.5 Å². The third-order valence-corrected chi connectivity index (χ3v) is 5.44. The summed E-state index contributed by atoms with van der Waals surface area (Å²) in [6.45, 7) is 5.72. The van der Waals surface area contributed by atoms with Crippen LogP contribution in [-0.4, -0.2) is 45.0 Å². The molecule has 2 fully saturated rings. The Labute approximate surface area is 136 Å². The number of carbonyl (C=O) groups excluding carboxylic acids is 1. The van der Waals surface area contributed by atoms with Gasteiger partial charge in [-0.25, -0.2) is 0 Å². The van der Waals surface area contributed by atoms with Gasteiger partial charge in [0.15, 0.2) is 0 Å². The second kappa shape index (κ2) is 5.35. The number of rotatable bonds is 2. The van der Waals surface area contributed by atoms with Gasteiger partial charge in [-0.1, -0.05) is 5.16 Å². The molecule has 3 aliphatic rings. The Balaban J connectivity index is 1.29. The van der Waals surface area contributed by atoms with Gasteiger partial charge in [0, 0.05) is 44.5 Å². The van der Waals surface area contributed by atoms with Gasteiger partial charge in [-0.3, -0.25) is 9.48 Å². The number of amides is 1. The molecule has 124 valence electrons. The lowest BCUT2D eigenvalue weighted by atomic mass is 9.68. The van der Waals surface area contributed by atoms with Crippen LogP contribution >= 0.6 is 0 Å². The second-order valence-corrected chi connectivity index (χ2v) is 7.44. The van der Waals surface area contributed by atoms with E-state index in [9.17, 15) is 4.79 Å². The van der Waals surface area contributed by atoms with Crippen LogP contribution in [0.1, 0.15) is 50.6 Å². The van der Waals surface area contributed by atoms with E-state index in [1.165, 1.54) is 5.56 Å². The van der Waals surface area contributed by atoms with Crippen molar-refractivity contribution in [3.05, 3.63) is 18.0 Å². The number of aryl methyl sites for hydroxylation is 1. The Morgan fingerprint density at radius 2 is 2.04 bits per heavy atom. The molecule has 0 atom stereocenters. The molecule has 3 heterocycles. The Morgan fingerprint density at radius 1 is 1.30 bits per heavy atom. The van der Waals surface area contributed by atoms with E-state index in [2.05, 4.69) is 28.1 Å². The fraction of sp³-hybridized carbons (Fsp3) is 0.706. The summed E-state index contributed by atoms with van der Waals surface area (Å²) in [6, 6.07) is 0.426. The summed E-state index contributed by atoms with van der Waals surface area (Å²) in [4.78, 5) is 20.2. The Bertz CT molecular complexity index is 637. The number of hydrogen-bond acceptors (Lipinski definition) is 4. The normalized spacial score (nSPS) is 31.0. The highest BCUT2D eigenvalue weighted by Crippen LogP contribution is 2.47. The first kappa shape index (κ1) is 14.7. The average Bonchev–Trinajstić information content (AvgIpc) is 3.11. The number of carbonyl (C=O) groups is 1. The van der Waals surface area contributed by atoms with Crippen LogP contribution in [0.15, 0.2) is 17.5 Å². The highest BCUT2D eigenvalue weighted by molar-refractivity contribution is 5.85. The maximum atomic E-state index is 12.7. The van der Waals surface area contributed by atoms with Crippen molar-refractivity contribution in [3.63, 3.8) is 0 Å². The SMILES string of the molecule is CC1=NOC2(C1)CC(C(=O)N1CCC(n3cc(C)cn3)CC1)C2. The maximum Gasteiger partial charge on any atom is 0.225 e. The van der Waals surface area contributed by atoms with Crippen LogP contribution in [0.2, 0.25) is 0 Å². The lowest BCUT2D eigenvalue weighted by Gasteiger charge is -2.44. The zero-order valence-corrected chi connectivity index (χ0v) is 13.9. The molecule has 1 aromatic heterocycles. The van der Waals surface area contributed by atoms with Gasteiger partial charge in [0.25, 0.3) is 0 Å². The fourth-order valence-corrected chi connectivity index (χ4v) is 4.18. The minimum Gasteiger partial charge on any atom is -0.389 e. The third-order valence-electron chi connectivity index (χ3n) is 5.44. The van der Waals surface area contributed by atoms with Crippen molar-refractivity contribution in [2.75, 3.05) is 13.1 Å². The molecule has 0 N–H and O–H groups in total. The maximum absolute atomic E-state index is 12.7. The number of oxime groups is 1. The Kier molecular flexibility index (Phi) is 3.43. The van der Waals surface area contributed by atoms with E-state index in [1.54, 1.807) is 0 Å². The van der Waals surface area contributed by atoms with E-state index >= 15 is 0 Å². The molecule has 1 spiro atoms. The molecular formula is C17H24N4O2. The van der Waals surface area contributed by atoms with Crippen molar-refractivity contribution in [1.29, 1.82) is 0 Å². The molecule has 1 saturated carbocycles. The molecule has 0 aromatic carbocycles. The molecule has 1 aromatic rings. The van der Waals surface area contributed by atoms with E-state index in [0.717, 1.165) is 50.9 Å². The standard InChI is InChI=1S/C17H24N4O2/c1-12-10-18-21(11-12)15-3-5-20(6-4-15)16(22)14-8-17(9-14)7-13(2)19-23-17/h10-11,14-15H,3-9H2,1-2H3. The molecule has 0 bridgehead atoms. The van der Waals surface area contributed by atoms with Crippen molar-refractivity contribution < 1.29 is 9.63 Å². The average molecular weight is 316 g/mol. The van der Waals surface area contributed by atoms with Gasteiger partial charge in [0.2, 0.25) is 5.91 Å². The smallest absolute Gasteiger partial charge is 0.225 e. The van der Waals surface area contributed by atoms with Crippen LogP contribution in [0.3, 0.4) is 0 Å². The van der Waals surface area contributed by atoms with Crippen LogP contribution < -0.4 is 0 Å². The molecular weight excluding hydrogens is 292 g/mol. The molecule has 1 amide bonds. The number of piperidine rings is 1. The summed E-state index contributed by atoms with van der Waals surface area (Å²) in [5, 5.41) is 8.46. The molecule has 0 unspecified atom stereocenters. The summed E-state index contributed by atoms with van der Waals surface area (Å²) in [5.74, 6) is 0.429. The van der Waals surface area contributed by atoms with E-state index < -0.39 is 0 Å². The van der Waals surface area contributed by atoms with Gasteiger partial charge >= 0.3 is 0 Å². The molecule has 0 radical (unpaired) electrons. The quantitative estimate of drug-likeness (QED) is 0.841. The molecule has 2 aliphatic heterocycles. The third kappa shape index (κ3) is 2.64. The molecule has 23 heavy (non-hydrogen) atoms. The highest BCUT2D eigenvalue weighted by Gasteiger charge is 2.53. The van der Waals surface area contributed by atoms with Crippen LogP contribution in [0, 0.1) is 12.8 Å². The van der Waals surface area contributed by atoms with Crippen LogP contribution in [-0.2, 0) is 9.63 Å². The van der Waals surface area contributed by atoms with E-state index in [1.807, 2.05) is 18.0 Å². The zero-order chi connectivity index (χ0) is 16.0. The van der Waals surface area contributed by atoms with Crippen molar-refractivity contribution in [3.8, 4) is 0 Å². The van der Waals surface area contributed by atoms with Crippen LogP contribution in [0.5, 0.6) is 0 Å². The predicted molar refractivity (Wildman–Crippen MR) is 86.1 cm³/mol. The second-order valence-electron chi connectivity index (χ2n) is 7.44. The first-order chi connectivity index (χ1) is 11.0. The number of aromatic nitrogens is 2. The Morgan fingerprint density at radius 3 is 2.61 bits per heavy atom. The topological polar surface area (TPSA) is 59.7 Å². The lowest BCUT2D eigenvalue weighted by Crippen LogP contribution is -2.52. The van der Waals surface area contributed by atoms with Crippen LogP contribution in [0.25, 0.3) is 0 Å². The van der Waals surface area contributed by atoms with Crippen LogP contribution in [0.4, 0.5) is 0 Å². The van der Waals surface area contributed by atoms with Gasteiger partial charge < -0.3 is 9.74 Å². The first-order valence-corrected chi connectivity index (χ1v) is 8.56. The monoisotopic (exact) mass is 316 g/mol. The first-order valence-electron chi connectivity index (χ1n) is 8.56.